The second-order valence-corrected chi connectivity index (χ2v) is 6.13. The SMILES string of the molecule is CC(C)N1CCC(N(C)C(=O)[C@@H]2C[C@H]2C)CC1. The molecule has 1 aliphatic carbocycles. The van der Waals surface area contributed by atoms with Crippen molar-refractivity contribution in [3.8, 4) is 0 Å². The molecule has 0 aromatic heterocycles. The molecule has 17 heavy (non-hydrogen) atoms. The maximum absolute atomic E-state index is 12.1. The van der Waals surface area contributed by atoms with Crippen LogP contribution in [0.5, 0.6) is 0 Å². The van der Waals surface area contributed by atoms with E-state index in [0.29, 0.717) is 29.8 Å². The molecule has 0 aromatic carbocycles. The Morgan fingerprint density at radius 1 is 1.29 bits per heavy atom. The van der Waals surface area contributed by atoms with Crippen molar-refractivity contribution in [2.24, 2.45) is 11.8 Å². The fourth-order valence-corrected chi connectivity index (χ4v) is 2.90. The molecule has 1 amide bonds. The monoisotopic (exact) mass is 238 g/mol. The van der Waals surface area contributed by atoms with Crippen LogP contribution in [0.2, 0.25) is 0 Å². The Bertz CT molecular complexity index is 282. The summed E-state index contributed by atoms with van der Waals surface area (Å²) in [6.07, 6.45) is 3.39. The summed E-state index contributed by atoms with van der Waals surface area (Å²) in [4.78, 5) is 16.7. The Kier molecular flexibility index (Phi) is 3.76. The molecular formula is C14H26N2O. The normalized spacial score (nSPS) is 30.6. The second-order valence-electron chi connectivity index (χ2n) is 6.13. The Hall–Kier alpha value is -0.570. The standard InChI is InChI=1S/C14H26N2O/c1-10(2)16-7-5-12(6-8-16)15(4)14(17)13-9-11(13)3/h10-13H,5-9H2,1-4H3/t11-,13-/m1/s1. The predicted octanol–water partition coefficient (Wildman–Crippen LogP) is 1.97. The largest absolute Gasteiger partial charge is 0.342 e. The summed E-state index contributed by atoms with van der Waals surface area (Å²) in [5, 5.41) is 0. The van der Waals surface area contributed by atoms with E-state index in [0.717, 1.165) is 32.4 Å². The van der Waals surface area contributed by atoms with E-state index in [4.69, 9.17) is 0 Å². The van der Waals surface area contributed by atoms with Gasteiger partial charge in [-0.2, -0.15) is 0 Å². The van der Waals surface area contributed by atoms with Gasteiger partial charge < -0.3 is 9.80 Å². The van der Waals surface area contributed by atoms with Crippen LogP contribution in [-0.2, 0) is 4.79 Å². The van der Waals surface area contributed by atoms with Gasteiger partial charge >= 0.3 is 0 Å². The summed E-state index contributed by atoms with van der Waals surface area (Å²) in [6, 6.07) is 1.12. The first kappa shape index (κ1) is 12.9. The fourth-order valence-electron chi connectivity index (χ4n) is 2.90. The van der Waals surface area contributed by atoms with E-state index in [2.05, 4.69) is 25.7 Å². The van der Waals surface area contributed by atoms with Gasteiger partial charge in [0.1, 0.15) is 0 Å². The molecule has 0 bridgehead atoms. The highest BCUT2D eigenvalue weighted by Gasteiger charge is 2.42. The maximum Gasteiger partial charge on any atom is 0.225 e. The quantitative estimate of drug-likeness (QED) is 0.750. The third kappa shape index (κ3) is 2.82. The first-order valence-electron chi connectivity index (χ1n) is 7.01. The van der Waals surface area contributed by atoms with Crippen molar-refractivity contribution < 1.29 is 4.79 Å². The van der Waals surface area contributed by atoms with E-state index in [-0.39, 0.29) is 0 Å². The highest BCUT2D eigenvalue weighted by Crippen LogP contribution is 2.39. The molecule has 1 heterocycles. The molecule has 0 aromatic rings. The van der Waals surface area contributed by atoms with E-state index in [1.807, 2.05) is 11.9 Å². The lowest BCUT2D eigenvalue weighted by Crippen LogP contribution is -2.47. The Balaban J connectivity index is 1.82. The minimum atomic E-state index is 0.336. The number of piperidine rings is 1. The van der Waals surface area contributed by atoms with Gasteiger partial charge in [0.05, 0.1) is 0 Å². The maximum atomic E-state index is 12.1. The van der Waals surface area contributed by atoms with E-state index < -0.39 is 0 Å². The molecule has 3 nitrogen and oxygen atoms in total. The van der Waals surface area contributed by atoms with Crippen LogP contribution in [0.3, 0.4) is 0 Å². The molecule has 1 saturated heterocycles. The second kappa shape index (κ2) is 4.97. The lowest BCUT2D eigenvalue weighted by atomic mass is 10.0. The molecule has 0 N–H and O–H groups in total. The van der Waals surface area contributed by atoms with Gasteiger partial charge in [0.15, 0.2) is 0 Å². The van der Waals surface area contributed by atoms with Gasteiger partial charge in [-0.15, -0.1) is 0 Å². The van der Waals surface area contributed by atoms with Crippen molar-refractivity contribution in [3.05, 3.63) is 0 Å². The number of likely N-dealkylation sites (tertiary alicyclic amines) is 1. The number of carbonyl (C=O) groups is 1. The Labute approximate surface area is 105 Å². The molecule has 1 aliphatic heterocycles. The first-order chi connectivity index (χ1) is 8.00. The average molecular weight is 238 g/mol. The highest BCUT2D eigenvalue weighted by molar-refractivity contribution is 5.81. The van der Waals surface area contributed by atoms with Crippen molar-refractivity contribution in [1.29, 1.82) is 0 Å². The summed E-state index contributed by atoms with van der Waals surface area (Å²) in [7, 11) is 2.00. The molecule has 98 valence electrons. The van der Waals surface area contributed by atoms with Gasteiger partial charge in [-0.1, -0.05) is 6.92 Å². The van der Waals surface area contributed by atoms with Crippen LogP contribution in [0, 0.1) is 11.8 Å². The lowest BCUT2D eigenvalue weighted by molar-refractivity contribution is -0.134. The van der Waals surface area contributed by atoms with E-state index in [1.54, 1.807) is 0 Å². The summed E-state index contributed by atoms with van der Waals surface area (Å²) in [5.74, 6) is 1.35. The first-order valence-corrected chi connectivity index (χ1v) is 7.01. The smallest absolute Gasteiger partial charge is 0.225 e. The Morgan fingerprint density at radius 2 is 1.82 bits per heavy atom. The van der Waals surface area contributed by atoms with Crippen LogP contribution in [0.4, 0.5) is 0 Å². The van der Waals surface area contributed by atoms with Crippen LogP contribution >= 0.6 is 0 Å². The molecule has 3 heteroatoms. The van der Waals surface area contributed by atoms with Crippen molar-refractivity contribution in [2.75, 3.05) is 20.1 Å². The summed E-state index contributed by atoms with van der Waals surface area (Å²) in [6.45, 7) is 8.96. The minimum absolute atomic E-state index is 0.336. The summed E-state index contributed by atoms with van der Waals surface area (Å²) in [5.41, 5.74) is 0. The van der Waals surface area contributed by atoms with Crippen molar-refractivity contribution >= 4 is 5.91 Å². The van der Waals surface area contributed by atoms with Crippen LogP contribution < -0.4 is 0 Å². The molecule has 2 atom stereocenters. The van der Waals surface area contributed by atoms with Crippen LogP contribution in [0.1, 0.15) is 40.0 Å². The zero-order valence-electron chi connectivity index (χ0n) is 11.6. The third-order valence-electron chi connectivity index (χ3n) is 4.55. The third-order valence-corrected chi connectivity index (χ3v) is 4.55. The molecule has 1 saturated carbocycles. The molecule has 0 unspecified atom stereocenters. The number of hydrogen-bond acceptors (Lipinski definition) is 2. The summed E-state index contributed by atoms with van der Waals surface area (Å²) < 4.78 is 0. The van der Waals surface area contributed by atoms with Gasteiger partial charge in [-0.05, 0) is 39.0 Å². The summed E-state index contributed by atoms with van der Waals surface area (Å²) >= 11 is 0. The van der Waals surface area contributed by atoms with E-state index in [9.17, 15) is 4.79 Å². The fraction of sp³-hybridized carbons (Fsp3) is 0.929. The predicted molar refractivity (Wildman–Crippen MR) is 69.8 cm³/mol. The lowest BCUT2D eigenvalue weighted by Gasteiger charge is -2.38. The topological polar surface area (TPSA) is 23.6 Å². The number of amides is 1. The molecule has 2 rings (SSSR count). The van der Waals surface area contributed by atoms with Crippen molar-refractivity contribution in [1.82, 2.24) is 9.80 Å². The van der Waals surface area contributed by atoms with Gasteiger partial charge in [-0.3, -0.25) is 4.79 Å². The highest BCUT2D eigenvalue weighted by atomic mass is 16.2. The van der Waals surface area contributed by atoms with Crippen LogP contribution in [0.15, 0.2) is 0 Å². The number of rotatable bonds is 3. The number of hydrogen-bond donors (Lipinski definition) is 0. The zero-order chi connectivity index (χ0) is 12.6. The minimum Gasteiger partial charge on any atom is -0.342 e. The van der Waals surface area contributed by atoms with Gasteiger partial charge in [-0.25, -0.2) is 0 Å². The zero-order valence-corrected chi connectivity index (χ0v) is 11.6. The molecular weight excluding hydrogens is 212 g/mol. The van der Waals surface area contributed by atoms with Crippen molar-refractivity contribution in [3.63, 3.8) is 0 Å². The molecule has 2 fully saturated rings. The van der Waals surface area contributed by atoms with Gasteiger partial charge in [0, 0.05) is 38.1 Å². The van der Waals surface area contributed by atoms with Crippen molar-refractivity contribution in [2.45, 2.75) is 52.1 Å². The van der Waals surface area contributed by atoms with E-state index >= 15 is 0 Å². The number of carbonyl (C=O) groups excluding carboxylic acids is 1. The van der Waals surface area contributed by atoms with Gasteiger partial charge in [0.2, 0.25) is 5.91 Å². The van der Waals surface area contributed by atoms with E-state index in [1.165, 1.54) is 0 Å². The van der Waals surface area contributed by atoms with Crippen LogP contribution in [-0.4, -0.2) is 47.9 Å². The molecule has 2 aliphatic rings. The van der Waals surface area contributed by atoms with Gasteiger partial charge in [0.25, 0.3) is 0 Å². The average Bonchev–Trinajstić information content (AvgIpc) is 3.04. The molecule has 0 radical (unpaired) electrons. The number of nitrogens with zero attached hydrogens (tertiary/aromatic N) is 2. The van der Waals surface area contributed by atoms with Crippen LogP contribution in [0.25, 0.3) is 0 Å². The molecule has 0 spiro atoms. The Morgan fingerprint density at radius 3 is 2.24 bits per heavy atom.